The van der Waals surface area contributed by atoms with Crippen molar-refractivity contribution in [2.24, 2.45) is 11.8 Å². The molecule has 0 saturated heterocycles. The highest BCUT2D eigenvalue weighted by molar-refractivity contribution is 7.99. The number of rotatable bonds is 6. The molecule has 0 aromatic carbocycles. The maximum absolute atomic E-state index is 3.74. The summed E-state index contributed by atoms with van der Waals surface area (Å²) >= 11 is 2.06. The third kappa shape index (κ3) is 5.26. The quantitative estimate of drug-likeness (QED) is 0.699. The summed E-state index contributed by atoms with van der Waals surface area (Å²) in [4.78, 5) is 0. The summed E-state index contributed by atoms with van der Waals surface area (Å²) in [6.07, 6.45) is 5.56. The predicted molar refractivity (Wildman–Crippen MR) is 71.6 cm³/mol. The molecule has 0 aromatic rings. The lowest BCUT2D eigenvalue weighted by molar-refractivity contribution is 0.229. The van der Waals surface area contributed by atoms with E-state index in [0.29, 0.717) is 0 Å². The summed E-state index contributed by atoms with van der Waals surface area (Å²) in [6, 6.07) is 0.799. The molecule has 3 atom stereocenters. The Bertz CT molecular complexity index is 161. The van der Waals surface area contributed by atoms with Crippen LogP contribution in [0.3, 0.4) is 0 Å². The summed E-state index contributed by atoms with van der Waals surface area (Å²) in [7, 11) is 0. The van der Waals surface area contributed by atoms with Gasteiger partial charge in [-0.25, -0.2) is 0 Å². The van der Waals surface area contributed by atoms with E-state index in [9.17, 15) is 0 Å². The normalized spacial score (nSPS) is 31.8. The molecule has 0 amide bonds. The molecule has 90 valence electrons. The molecule has 1 aliphatic carbocycles. The topological polar surface area (TPSA) is 12.0 Å². The van der Waals surface area contributed by atoms with Gasteiger partial charge in [0.1, 0.15) is 0 Å². The van der Waals surface area contributed by atoms with Crippen LogP contribution in [0.1, 0.15) is 46.5 Å². The molecule has 0 aliphatic heterocycles. The first-order valence-corrected chi connectivity index (χ1v) is 7.70. The van der Waals surface area contributed by atoms with Gasteiger partial charge in [-0.05, 0) is 55.6 Å². The summed E-state index contributed by atoms with van der Waals surface area (Å²) in [5.41, 5.74) is 0. The van der Waals surface area contributed by atoms with Crippen LogP contribution in [0.2, 0.25) is 0 Å². The van der Waals surface area contributed by atoms with E-state index in [1.807, 2.05) is 0 Å². The van der Waals surface area contributed by atoms with E-state index in [4.69, 9.17) is 0 Å². The molecular weight excluding hydrogens is 202 g/mol. The summed E-state index contributed by atoms with van der Waals surface area (Å²) < 4.78 is 0. The van der Waals surface area contributed by atoms with Crippen LogP contribution in [0.5, 0.6) is 0 Å². The lowest BCUT2D eigenvalue weighted by Gasteiger charge is -2.33. The van der Waals surface area contributed by atoms with Crippen molar-refractivity contribution < 1.29 is 0 Å². The Morgan fingerprint density at radius 2 is 2.07 bits per heavy atom. The Kier molecular flexibility index (Phi) is 6.74. The zero-order valence-electron chi connectivity index (χ0n) is 10.6. The molecule has 1 aliphatic rings. The highest BCUT2D eigenvalue weighted by Gasteiger charge is 2.24. The van der Waals surface area contributed by atoms with E-state index in [2.05, 4.69) is 37.8 Å². The van der Waals surface area contributed by atoms with E-state index in [-0.39, 0.29) is 0 Å². The number of hydrogen-bond acceptors (Lipinski definition) is 2. The average molecular weight is 229 g/mol. The van der Waals surface area contributed by atoms with Crippen LogP contribution in [0.25, 0.3) is 0 Å². The van der Waals surface area contributed by atoms with Gasteiger partial charge in [-0.3, -0.25) is 0 Å². The molecule has 1 fully saturated rings. The zero-order chi connectivity index (χ0) is 11.1. The second kappa shape index (κ2) is 7.56. The monoisotopic (exact) mass is 229 g/mol. The first-order chi connectivity index (χ1) is 7.24. The summed E-state index contributed by atoms with van der Waals surface area (Å²) in [6.45, 7) is 8.26. The Morgan fingerprint density at radius 1 is 1.27 bits per heavy atom. The van der Waals surface area contributed by atoms with Crippen LogP contribution >= 0.6 is 11.8 Å². The largest absolute Gasteiger partial charge is 0.314 e. The van der Waals surface area contributed by atoms with Crippen molar-refractivity contribution >= 4 is 11.8 Å². The SMILES string of the molecule is CCSCCCNC1CCC(C)CC1C. The Hall–Kier alpha value is 0.310. The molecule has 1 nitrogen and oxygen atoms in total. The zero-order valence-corrected chi connectivity index (χ0v) is 11.4. The molecule has 3 unspecified atom stereocenters. The molecule has 0 spiro atoms. The maximum Gasteiger partial charge on any atom is 0.00928 e. The molecular formula is C13H27NS. The Labute approximate surface area is 99.8 Å². The minimum absolute atomic E-state index is 0.799. The molecule has 1 N–H and O–H groups in total. The third-order valence-corrected chi connectivity index (χ3v) is 4.49. The second-order valence-corrected chi connectivity index (χ2v) is 6.40. The molecule has 1 saturated carbocycles. The molecule has 0 radical (unpaired) electrons. The van der Waals surface area contributed by atoms with Gasteiger partial charge < -0.3 is 5.32 Å². The highest BCUT2D eigenvalue weighted by atomic mass is 32.2. The lowest BCUT2D eigenvalue weighted by atomic mass is 9.80. The van der Waals surface area contributed by atoms with Gasteiger partial charge in [-0.15, -0.1) is 0 Å². The first kappa shape index (κ1) is 13.4. The van der Waals surface area contributed by atoms with Gasteiger partial charge in [-0.2, -0.15) is 11.8 Å². The Morgan fingerprint density at radius 3 is 2.73 bits per heavy atom. The van der Waals surface area contributed by atoms with Gasteiger partial charge in [0.05, 0.1) is 0 Å². The van der Waals surface area contributed by atoms with Crippen molar-refractivity contribution in [2.75, 3.05) is 18.1 Å². The van der Waals surface area contributed by atoms with E-state index < -0.39 is 0 Å². The van der Waals surface area contributed by atoms with Gasteiger partial charge in [-0.1, -0.05) is 20.8 Å². The van der Waals surface area contributed by atoms with Crippen LogP contribution in [0.4, 0.5) is 0 Å². The smallest absolute Gasteiger partial charge is 0.00928 e. The number of thioether (sulfide) groups is 1. The van der Waals surface area contributed by atoms with Crippen molar-refractivity contribution in [3.63, 3.8) is 0 Å². The second-order valence-electron chi connectivity index (χ2n) is 5.01. The fourth-order valence-electron chi connectivity index (χ4n) is 2.57. The van der Waals surface area contributed by atoms with Crippen LogP contribution in [-0.2, 0) is 0 Å². The van der Waals surface area contributed by atoms with Crippen LogP contribution in [0, 0.1) is 11.8 Å². The van der Waals surface area contributed by atoms with Crippen molar-refractivity contribution in [2.45, 2.75) is 52.5 Å². The fraction of sp³-hybridized carbons (Fsp3) is 1.00. The van der Waals surface area contributed by atoms with Gasteiger partial charge in [0.2, 0.25) is 0 Å². The van der Waals surface area contributed by atoms with Crippen molar-refractivity contribution in [1.82, 2.24) is 5.32 Å². The molecule has 0 heterocycles. The van der Waals surface area contributed by atoms with Gasteiger partial charge in [0, 0.05) is 6.04 Å². The van der Waals surface area contributed by atoms with Crippen molar-refractivity contribution in [3.05, 3.63) is 0 Å². The minimum Gasteiger partial charge on any atom is -0.314 e. The molecule has 1 rings (SSSR count). The average Bonchev–Trinajstić information content (AvgIpc) is 2.20. The highest BCUT2D eigenvalue weighted by Crippen LogP contribution is 2.28. The summed E-state index contributed by atoms with van der Waals surface area (Å²) in [5.74, 6) is 4.42. The van der Waals surface area contributed by atoms with Crippen LogP contribution in [0.15, 0.2) is 0 Å². The summed E-state index contributed by atoms with van der Waals surface area (Å²) in [5, 5.41) is 3.74. The molecule has 15 heavy (non-hydrogen) atoms. The van der Waals surface area contributed by atoms with Crippen molar-refractivity contribution in [1.29, 1.82) is 0 Å². The van der Waals surface area contributed by atoms with E-state index in [1.165, 1.54) is 43.7 Å². The van der Waals surface area contributed by atoms with E-state index in [1.54, 1.807) is 0 Å². The first-order valence-electron chi connectivity index (χ1n) is 6.55. The fourth-order valence-corrected chi connectivity index (χ4v) is 3.21. The standard InChI is InChI=1S/C13H27NS/c1-4-15-9-5-8-14-13-7-6-11(2)10-12(13)3/h11-14H,4-10H2,1-3H3. The predicted octanol–water partition coefficient (Wildman–Crippen LogP) is 3.54. The van der Waals surface area contributed by atoms with E-state index in [0.717, 1.165) is 17.9 Å². The Balaban J connectivity index is 2.05. The third-order valence-electron chi connectivity index (χ3n) is 3.51. The van der Waals surface area contributed by atoms with Gasteiger partial charge in [0.15, 0.2) is 0 Å². The van der Waals surface area contributed by atoms with Crippen molar-refractivity contribution in [3.8, 4) is 0 Å². The number of hydrogen-bond donors (Lipinski definition) is 1. The molecule has 0 aromatic heterocycles. The molecule has 2 heteroatoms. The van der Waals surface area contributed by atoms with Crippen LogP contribution in [-0.4, -0.2) is 24.1 Å². The van der Waals surface area contributed by atoms with Gasteiger partial charge in [0.25, 0.3) is 0 Å². The molecule has 0 bridgehead atoms. The minimum atomic E-state index is 0.799. The van der Waals surface area contributed by atoms with Gasteiger partial charge >= 0.3 is 0 Å². The lowest BCUT2D eigenvalue weighted by Crippen LogP contribution is -2.39. The maximum atomic E-state index is 3.74. The van der Waals surface area contributed by atoms with Crippen LogP contribution < -0.4 is 5.32 Å². The van der Waals surface area contributed by atoms with E-state index >= 15 is 0 Å². The number of nitrogens with one attached hydrogen (secondary N) is 1.